The number of piperidine rings is 1. The summed E-state index contributed by atoms with van der Waals surface area (Å²) in [7, 11) is 3.89. The minimum Gasteiger partial charge on any atom is -0.504 e. The molecule has 26 heavy (non-hydrogen) atoms. The number of nitrogens with zero attached hydrogens (tertiary/aromatic N) is 2. The van der Waals surface area contributed by atoms with Crippen LogP contribution in [0.2, 0.25) is 0 Å². The normalized spacial score (nSPS) is 46.6. The van der Waals surface area contributed by atoms with Crippen molar-refractivity contribution < 1.29 is 14.6 Å². The second kappa shape index (κ2) is 4.27. The molecule has 1 aromatic rings. The second-order valence-corrected chi connectivity index (χ2v) is 8.68. The molecule has 2 aliphatic heterocycles. The third-order valence-corrected chi connectivity index (χ3v) is 8.23. The SMILES string of the molecule is CO[C@]12C=C[C@@]3(C[C@H]1C#N)[C@H]1Cc4ccc(O)c5c4[C@@]3(CCN1C)[C@H]2O5. The third kappa shape index (κ3) is 1.22. The van der Waals surface area contributed by atoms with Crippen LogP contribution in [0.5, 0.6) is 11.5 Å². The van der Waals surface area contributed by atoms with E-state index in [1.54, 1.807) is 13.2 Å². The van der Waals surface area contributed by atoms with E-state index in [0.717, 1.165) is 25.8 Å². The smallest absolute Gasteiger partial charge is 0.165 e. The maximum Gasteiger partial charge on any atom is 0.165 e. The van der Waals surface area contributed by atoms with Crippen LogP contribution in [0.1, 0.15) is 24.0 Å². The van der Waals surface area contributed by atoms with Gasteiger partial charge in [0.1, 0.15) is 11.7 Å². The number of aromatic hydroxyl groups is 1. The van der Waals surface area contributed by atoms with Gasteiger partial charge in [0, 0.05) is 24.1 Å². The van der Waals surface area contributed by atoms with E-state index in [1.165, 1.54) is 11.1 Å². The molecule has 4 bridgehead atoms. The van der Waals surface area contributed by atoms with Crippen LogP contribution in [0.25, 0.3) is 0 Å². The van der Waals surface area contributed by atoms with Crippen LogP contribution in [0, 0.1) is 22.7 Å². The molecule has 134 valence electrons. The summed E-state index contributed by atoms with van der Waals surface area (Å²) >= 11 is 0. The molecule has 1 saturated heterocycles. The van der Waals surface area contributed by atoms with Gasteiger partial charge in [-0.1, -0.05) is 18.2 Å². The van der Waals surface area contributed by atoms with Crippen LogP contribution in [0.3, 0.4) is 0 Å². The Kier molecular flexibility index (Phi) is 2.47. The van der Waals surface area contributed by atoms with Gasteiger partial charge in [-0.25, -0.2) is 0 Å². The molecular weight excluding hydrogens is 328 g/mol. The van der Waals surface area contributed by atoms with Crippen LogP contribution in [0.4, 0.5) is 0 Å². The number of nitriles is 1. The average Bonchev–Trinajstić information content (AvgIpc) is 3.03. The predicted molar refractivity (Wildman–Crippen MR) is 94.0 cm³/mol. The van der Waals surface area contributed by atoms with Gasteiger partial charge >= 0.3 is 0 Å². The topological polar surface area (TPSA) is 65.7 Å². The molecule has 2 heterocycles. The molecule has 6 atom stereocenters. The highest BCUT2D eigenvalue weighted by molar-refractivity contribution is 5.65. The summed E-state index contributed by atoms with van der Waals surface area (Å²) in [5, 5.41) is 20.5. The van der Waals surface area contributed by atoms with Crippen molar-refractivity contribution in [3.8, 4) is 17.6 Å². The molecule has 0 unspecified atom stereocenters. The molecule has 7 rings (SSSR count). The first-order valence-electron chi connectivity index (χ1n) is 9.41. The summed E-state index contributed by atoms with van der Waals surface area (Å²) in [6.07, 6.45) is 6.86. The van der Waals surface area contributed by atoms with Gasteiger partial charge < -0.3 is 19.5 Å². The molecule has 1 saturated carbocycles. The quantitative estimate of drug-likeness (QED) is 0.786. The maximum atomic E-state index is 10.6. The zero-order valence-electron chi connectivity index (χ0n) is 15.0. The van der Waals surface area contributed by atoms with E-state index < -0.39 is 5.60 Å². The summed E-state index contributed by atoms with van der Waals surface area (Å²) in [4.78, 5) is 2.46. The number of rotatable bonds is 1. The molecular formula is C21H22N2O3. The molecule has 5 nitrogen and oxygen atoms in total. The van der Waals surface area contributed by atoms with Gasteiger partial charge in [0.05, 0.1) is 17.4 Å². The number of methoxy groups -OCH3 is 1. The lowest BCUT2D eigenvalue weighted by Gasteiger charge is -2.70. The Morgan fingerprint density at radius 2 is 2.23 bits per heavy atom. The van der Waals surface area contributed by atoms with E-state index in [1.807, 2.05) is 0 Å². The minimum atomic E-state index is -0.753. The predicted octanol–water partition coefficient (Wildman–Crippen LogP) is 2.14. The highest BCUT2D eigenvalue weighted by Gasteiger charge is 2.79. The highest BCUT2D eigenvalue weighted by Crippen LogP contribution is 2.74. The lowest BCUT2D eigenvalue weighted by molar-refractivity contribution is -0.203. The minimum absolute atomic E-state index is 0.141. The first-order valence-corrected chi connectivity index (χ1v) is 9.41. The van der Waals surface area contributed by atoms with Crippen molar-refractivity contribution in [2.24, 2.45) is 11.3 Å². The summed E-state index contributed by atoms with van der Waals surface area (Å²) in [6.45, 7) is 0.992. The largest absolute Gasteiger partial charge is 0.504 e. The lowest BCUT2D eigenvalue weighted by Crippen LogP contribution is -2.78. The molecule has 0 radical (unpaired) electrons. The summed E-state index contributed by atoms with van der Waals surface area (Å²) in [5.74, 6) is 0.588. The first-order chi connectivity index (χ1) is 12.5. The summed E-state index contributed by atoms with van der Waals surface area (Å²) in [6, 6.07) is 6.68. The van der Waals surface area contributed by atoms with E-state index in [0.29, 0.717) is 11.8 Å². The monoisotopic (exact) mass is 350 g/mol. The number of phenols is 1. The van der Waals surface area contributed by atoms with Crippen LogP contribution in [-0.4, -0.2) is 48.5 Å². The Morgan fingerprint density at radius 1 is 1.38 bits per heavy atom. The Bertz CT molecular complexity index is 921. The van der Waals surface area contributed by atoms with Gasteiger partial charge in [0.25, 0.3) is 0 Å². The third-order valence-electron chi connectivity index (χ3n) is 8.23. The number of hydrogen-bond donors (Lipinski definition) is 1. The maximum absolute atomic E-state index is 10.6. The van der Waals surface area contributed by atoms with Gasteiger partial charge in [0.2, 0.25) is 0 Å². The molecule has 6 aliphatic rings. The van der Waals surface area contributed by atoms with Crippen LogP contribution < -0.4 is 4.74 Å². The van der Waals surface area contributed by atoms with Crippen molar-refractivity contribution in [3.63, 3.8) is 0 Å². The van der Waals surface area contributed by atoms with Crippen molar-refractivity contribution in [2.75, 3.05) is 20.7 Å². The molecule has 1 aromatic carbocycles. The standard InChI is InChI=1S/C21H22N2O3/c1-23-8-7-20-16-12-3-4-14(24)17(16)26-18(20)21(25-2)6-5-19(20,15(23)9-12)10-13(21)11-22/h3-6,13,15,18,24H,7-10H2,1-2H3/t13-,15+,18+,19+,20-,21+/m0/s1. The number of benzene rings is 1. The molecule has 2 fully saturated rings. The molecule has 0 amide bonds. The highest BCUT2D eigenvalue weighted by atomic mass is 16.6. The number of likely N-dealkylation sites (tertiary alicyclic amines) is 1. The molecule has 2 spiro atoms. The van der Waals surface area contributed by atoms with Gasteiger partial charge in [-0.15, -0.1) is 0 Å². The molecule has 0 aromatic heterocycles. The fraction of sp³-hybridized carbons (Fsp3) is 0.571. The number of hydrogen-bond acceptors (Lipinski definition) is 5. The van der Waals surface area contributed by atoms with E-state index in [-0.39, 0.29) is 28.6 Å². The Morgan fingerprint density at radius 3 is 3.00 bits per heavy atom. The Balaban J connectivity index is 1.75. The zero-order chi connectivity index (χ0) is 17.9. The molecule has 1 N–H and O–H groups in total. The molecule has 4 aliphatic carbocycles. The zero-order valence-corrected chi connectivity index (χ0v) is 15.0. The second-order valence-electron chi connectivity index (χ2n) is 8.68. The van der Waals surface area contributed by atoms with Crippen molar-refractivity contribution in [2.45, 2.75) is 42.4 Å². The van der Waals surface area contributed by atoms with Crippen molar-refractivity contribution in [3.05, 3.63) is 35.4 Å². The van der Waals surface area contributed by atoms with E-state index in [2.05, 4.69) is 36.2 Å². The Labute approximate surface area is 152 Å². The number of likely N-dealkylation sites (N-methyl/N-ethyl adjacent to an activating group) is 1. The van der Waals surface area contributed by atoms with Gasteiger partial charge in [-0.05, 0) is 44.5 Å². The van der Waals surface area contributed by atoms with Crippen LogP contribution in [0.15, 0.2) is 24.3 Å². The van der Waals surface area contributed by atoms with Gasteiger partial charge in [-0.3, -0.25) is 0 Å². The van der Waals surface area contributed by atoms with Gasteiger partial charge in [0.15, 0.2) is 11.5 Å². The van der Waals surface area contributed by atoms with Gasteiger partial charge in [-0.2, -0.15) is 5.26 Å². The van der Waals surface area contributed by atoms with Crippen molar-refractivity contribution in [1.82, 2.24) is 4.90 Å². The van der Waals surface area contributed by atoms with Crippen LogP contribution in [-0.2, 0) is 16.6 Å². The van der Waals surface area contributed by atoms with E-state index in [9.17, 15) is 10.4 Å². The number of ether oxygens (including phenoxy) is 2. The lowest BCUT2D eigenvalue weighted by atomic mass is 9.37. The summed E-state index contributed by atoms with van der Waals surface area (Å²) in [5.41, 5.74) is 1.36. The fourth-order valence-corrected chi connectivity index (χ4v) is 7.20. The summed E-state index contributed by atoms with van der Waals surface area (Å²) < 4.78 is 12.6. The fourth-order valence-electron chi connectivity index (χ4n) is 7.20. The van der Waals surface area contributed by atoms with E-state index in [4.69, 9.17) is 9.47 Å². The Hall–Kier alpha value is -2.03. The van der Waals surface area contributed by atoms with Crippen molar-refractivity contribution in [1.29, 1.82) is 5.26 Å². The molecule has 5 heteroatoms. The van der Waals surface area contributed by atoms with E-state index >= 15 is 0 Å². The first kappa shape index (κ1) is 15.1. The number of fused-ring (bicyclic) bond motifs is 1. The number of phenolic OH excluding ortho intramolecular Hbond substituents is 1. The average molecular weight is 350 g/mol. The van der Waals surface area contributed by atoms with Crippen LogP contribution >= 0.6 is 0 Å². The van der Waals surface area contributed by atoms with Crippen molar-refractivity contribution >= 4 is 0 Å².